The van der Waals surface area contributed by atoms with E-state index in [4.69, 9.17) is 10.5 Å². The van der Waals surface area contributed by atoms with E-state index in [0.29, 0.717) is 38.0 Å². The van der Waals surface area contributed by atoms with Gasteiger partial charge in [-0.15, -0.1) is 0 Å². The highest BCUT2D eigenvalue weighted by atomic mass is 16.5. The Morgan fingerprint density at radius 2 is 1.92 bits per heavy atom. The lowest BCUT2D eigenvalue weighted by Crippen LogP contribution is -2.40. The summed E-state index contributed by atoms with van der Waals surface area (Å²) in [4.78, 5) is 7.39. The molecule has 2 aromatic heterocycles. The van der Waals surface area contributed by atoms with Crippen molar-refractivity contribution in [1.29, 1.82) is 0 Å². The number of pyridine rings is 1. The molecule has 0 saturated carbocycles. The fourth-order valence-corrected chi connectivity index (χ4v) is 7.42. The standard InChI is InChI=1S/C40H54N4O6/c1-3-26-6-7-27-8-9-28(20-37(49)40(27)36(48)13-11-33(17-26)44-23-25(2)46)29-10-12-35(47)38(21-29)50-34(24-45)19-31(18-32-5-4-15-42-32)30-14-16-43-39(41)22-30/h4-5,8-10,12,14-16,21-22,25-28,31,33-34,36-37,40,42,44-49H,3,11,13,17-20,23-24H2,1-2H3,(H2,41,43). The van der Waals surface area contributed by atoms with E-state index in [0.717, 1.165) is 36.1 Å². The van der Waals surface area contributed by atoms with Crippen molar-refractivity contribution in [2.75, 3.05) is 18.9 Å². The first-order chi connectivity index (χ1) is 24.1. The molecular weight excluding hydrogens is 632 g/mol. The van der Waals surface area contributed by atoms with Gasteiger partial charge in [-0.3, -0.25) is 0 Å². The minimum atomic E-state index is -0.822. The Bertz CT molecular complexity index is 1580. The molecule has 0 aliphatic heterocycles. The molecule has 10 nitrogen and oxygen atoms in total. The highest BCUT2D eigenvalue weighted by Crippen LogP contribution is 2.39. The Hall–Kier alpha value is -3.85. The van der Waals surface area contributed by atoms with Crippen LogP contribution in [0.1, 0.15) is 81.0 Å². The number of aromatic hydroxyl groups is 1. The fourth-order valence-electron chi connectivity index (χ4n) is 7.42. The lowest BCUT2D eigenvalue weighted by Gasteiger charge is -2.32. The van der Waals surface area contributed by atoms with E-state index in [1.807, 2.05) is 42.6 Å². The van der Waals surface area contributed by atoms with Crippen molar-refractivity contribution in [2.45, 2.75) is 101 Å². The van der Waals surface area contributed by atoms with E-state index in [2.05, 4.69) is 40.1 Å². The molecule has 5 rings (SSSR count). The maximum atomic E-state index is 11.6. The van der Waals surface area contributed by atoms with E-state index >= 15 is 0 Å². The Labute approximate surface area is 295 Å². The zero-order valence-corrected chi connectivity index (χ0v) is 29.2. The smallest absolute Gasteiger partial charge is 0.161 e. The average Bonchev–Trinajstić information content (AvgIpc) is 3.55. The van der Waals surface area contributed by atoms with Crippen LogP contribution < -0.4 is 15.8 Å². The van der Waals surface area contributed by atoms with Gasteiger partial charge in [0.1, 0.15) is 11.9 Å². The van der Waals surface area contributed by atoms with Gasteiger partial charge >= 0.3 is 0 Å². The summed E-state index contributed by atoms with van der Waals surface area (Å²) in [6.07, 6.45) is 9.43. The molecule has 270 valence electrons. The number of nitrogen functional groups attached to an aromatic ring is 1. The molecular formula is C40H54N4O6. The number of allylic oxidation sites excluding steroid dienone is 2. The minimum Gasteiger partial charge on any atom is -0.504 e. The number of fused-ring (bicyclic) bond motifs is 1. The van der Waals surface area contributed by atoms with Gasteiger partial charge in [-0.25, -0.2) is 4.98 Å². The van der Waals surface area contributed by atoms with Crippen LogP contribution in [0.5, 0.6) is 11.5 Å². The summed E-state index contributed by atoms with van der Waals surface area (Å²) in [7, 11) is 0. The third-order valence-electron chi connectivity index (χ3n) is 10.2. The molecule has 0 fully saturated rings. The summed E-state index contributed by atoms with van der Waals surface area (Å²) < 4.78 is 6.30. The number of H-pyrrole nitrogens is 1. The maximum absolute atomic E-state index is 11.6. The summed E-state index contributed by atoms with van der Waals surface area (Å²) in [5.74, 6) is 6.63. The second kappa shape index (κ2) is 17.9. The average molecular weight is 687 g/mol. The van der Waals surface area contributed by atoms with Gasteiger partial charge in [0.25, 0.3) is 0 Å². The summed E-state index contributed by atoms with van der Waals surface area (Å²) >= 11 is 0. The van der Waals surface area contributed by atoms with E-state index in [-0.39, 0.29) is 47.8 Å². The number of hydrogen-bond acceptors (Lipinski definition) is 9. The Morgan fingerprint density at radius 3 is 2.64 bits per heavy atom. The summed E-state index contributed by atoms with van der Waals surface area (Å²) in [5.41, 5.74) is 8.87. The molecule has 0 amide bonds. The van der Waals surface area contributed by atoms with Crippen molar-refractivity contribution in [1.82, 2.24) is 15.3 Å². The number of aromatic amines is 1. The predicted octanol–water partition coefficient (Wildman–Crippen LogP) is 4.40. The Morgan fingerprint density at radius 1 is 1.08 bits per heavy atom. The van der Waals surface area contributed by atoms with Crippen molar-refractivity contribution in [3.05, 3.63) is 83.8 Å². The van der Waals surface area contributed by atoms with E-state index in [9.17, 15) is 25.5 Å². The fraction of sp³-hybridized carbons (Fsp3) is 0.525. The number of nitrogens with zero attached hydrogens (tertiary/aromatic N) is 1. The molecule has 0 spiro atoms. The molecule has 50 heavy (non-hydrogen) atoms. The molecule has 10 atom stereocenters. The van der Waals surface area contributed by atoms with Gasteiger partial charge in [-0.1, -0.05) is 37.0 Å². The largest absolute Gasteiger partial charge is 0.504 e. The number of nitrogens with two attached hydrogens (primary N) is 1. The zero-order chi connectivity index (χ0) is 35.6. The number of ether oxygens (including phenoxy) is 1. The Balaban J connectivity index is 1.34. The molecule has 9 N–H and O–H groups in total. The number of phenols is 1. The monoisotopic (exact) mass is 686 g/mol. The van der Waals surface area contributed by atoms with Crippen molar-refractivity contribution in [3.63, 3.8) is 0 Å². The summed E-state index contributed by atoms with van der Waals surface area (Å²) in [6.45, 7) is 4.10. The Kier molecular flexibility index (Phi) is 13.4. The van der Waals surface area contributed by atoms with Crippen molar-refractivity contribution in [2.24, 2.45) is 17.8 Å². The van der Waals surface area contributed by atoms with E-state index in [1.54, 1.807) is 25.3 Å². The zero-order valence-electron chi connectivity index (χ0n) is 29.2. The topological polar surface area (TPSA) is 177 Å². The number of benzene rings is 1. The molecule has 10 unspecified atom stereocenters. The van der Waals surface area contributed by atoms with Crippen LogP contribution in [0, 0.1) is 29.6 Å². The number of aromatic nitrogens is 2. The minimum absolute atomic E-state index is 0.0424. The summed E-state index contributed by atoms with van der Waals surface area (Å²) in [6, 6.07) is 13.0. The first kappa shape index (κ1) is 37.4. The number of hydrogen-bond donors (Lipinski definition) is 8. The van der Waals surface area contributed by atoms with Crippen LogP contribution in [-0.2, 0) is 6.42 Å². The van der Waals surface area contributed by atoms with Crippen molar-refractivity contribution in [3.8, 4) is 23.3 Å². The highest BCUT2D eigenvalue weighted by molar-refractivity contribution is 5.44. The van der Waals surface area contributed by atoms with Crippen LogP contribution in [-0.4, -0.2) is 79.1 Å². The van der Waals surface area contributed by atoms with Crippen LogP contribution in [0.25, 0.3) is 0 Å². The summed E-state index contributed by atoms with van der Waals surface area (Å²) in [5, 5.41) is 57.6. The highest BCUT2D eigenvalue weighted by Gasteiger charge is 2.37. The number of nitrogens with one attached hydrogen (secondary N) is 2. The third kappa shape index (κ3) is 10.1. The van der Waals surface area contributed by atoms with Gasteiger partial charge in [0.15, 0.2) is 11.5 Å². The normalized spacial score (nSPS) is 27.2. The maximum Gasteiger partial charge on any atom is 0.161 e. The van der Waals surface area contributed by atoms with Crippen LogP contribution in [0.2, 0.25) is 0 Å². The predicted molar refractivity (Wildman–Crippen MR) is 194 cm³/mol. The molecule has 2 aliphatic carbocycles. The number of aliphatic hydroxyl groups is 4. The molecule has 10 heteroatoms. The molecule has 3 aromatic rings. The third-order valence-corrected chi connectivity index (χ3v) is 10.2. The van der Waals surface area contributed by atoms with Gasteiger partial charge in [0.2, 0.25) is 0 Å². The first-order valence-electron chi connectivity index (χ1n) is 18.0. The van der Waals surface area contributed by atoms with Gasteiger partial charge in [-0.05, 0) is 105 Å². The van der Waals surface area contributed by atoms with Crippen LogP contribution in [0.4, 0.5) is 5.82 Å². The first-order valence-corrected chi connectivity index (χ1v) is 18.0. The van der Waals surface area contributed by atoms with E-state index in [1.165, 1.54) is 0 Å². The lowest BCUT2D eigenvalue weighted by molar-refractivity contribution is -0.00825. The molecule has 2 aliphatic rings. The molecule has 0 bridgehead atoms. The number of rotatable bonds is 13. The van der Waals surface area contributed by atoms with Crippen LogP contribution in [0.15, 0.2) is 67.0 Å². The van der Waals surface area contributed by atoms with Crippen molar-refractivity contribution >= 4 is 5.82 Å². The van der Waals surface area contributed by atoms with E-state index < -0.39 is 30.3 Å². The SMILES string of the molecule is CCC1C#CC2C=CC(c3ccc(O)c(OC(CO)CC(Cc4ccc[nH]4)c4ccnc(N)c4)c3)CC(O)C2C(O)CCC(NCC(C)O)C1. The molecule has 1 aromatic carbocycles. The van der Waals surface area contributed by atoms with Gasteiger partial charge in [-0.2, -0.15) is 0 Å². The van der Waals surface area contributed by atoms with Crippen LogP contribution in [0.3, 0.4) is 0 Å². The lowest BCUT2D eigenvalue weighted by atomic mass is 9.78. The van der Waals surface area contributed by atoms with Gasteiger partial charge in [0.05, 0.1) is 24.9 Å². The quantitative estimate of drug-likeness (QED) is 0.0957. The van der Waals surface area contributed by atoms with Gasteiger partial charge < -0.3 is 46.3 Å². The molecule has 2 heterocycles. The second-order valence-corrected chi connectivity index (χ2v) is 14.1. The van der Waals surface area contributed by atoms with Crippen molar-refractivity contribution < 1.29 is 30.3 Å². The van der Waals surface area contributed by atoms with Gasteiger partial charge in [0, 0.05) is 54.3 Å². The second-order valence-electron chi connectivity index (χ2n) is 14.1. The molecule has 0 saturated heterocycles. The molecule has 0 radical (unpaired) electrons. The van der Waals surface area contributed by atoms with Crippen LogP contribution >= 0.6 is 0 Å². The number of anilines is 1. The number of aliphatic hydroxyl groups excluding tert-OH is 4. The number of phenolic OH excluding ortho intramolecular Hbond substituents is 1.